The molecule has 1 heterocycles. The van der Waals surface area contributed by atoms with Crippen molar-refractivity contribution in [3.8, 4) is 11.3 Å². The average Bonchev–Trinajstić information content (AvgIpc) is 2.67. The third-order valence-corrected chi connectivity index (χ3v) is 3.18. The van der Waals surface area contributed by atoms with Gasteiger partial charge in [-0.3, -0.25) is 0 Å². The number of aromatic nitrogens is 1. The van der Waals surface area contributed by atoms with Crippen molar-refractivity contribution >= 4 is 11.3 Å². The predicted octanol–water partition coefficient (Wildman–Crippen LogP) is 4.07. The van der Waals surface area contributed by atoms with E-state index in [4.69, 9.17) is 0 Å². The second-order valence-corrected chi connectivity index (χ2v) is 4.76. The summed E-state index contributed by atoms with van der Waals surface area (Å²) in [4.78, 5) is 4.48. The van der Waals surface area contributed by atoms with E-state index < -0.39 is 0 Å². The minimum absolute atomic E-state index is 1.10. The van der Waals surface area contributed by atoms with Crippen LogP contribution >= 0.6 is 11.3 Å². The van der Waals surface area contributed by atoms with Gasteiger partial charge in [-0.2, -0.15) is 0 Å². The van der Waals surface area contributed by atoms with E-state index in [1.807, 2.05) is 6.92 Å². The van der Waals surface area contributed by atoms with Gasteiger partial charge in [0.25, 0.3) is 0 Å². The van der Waals surface area contributed by atoms with Gasteiger partial charge in [0.1, 0.15) is 0 Å². The lowest BCUT2D eigenvalue weighted by molar-refractivity contribution is 0.922. The van der Waals surface area contributed by atoms with Crippen LogP contribution in [0, 0.1) is 6.92 Å². The number of hydrogen-bond acceptors (Lipinski definition) is 2. The standard InChI is InChI=1S/C13H15NS/c1-3-4-11-5-7-12(8-6-11)13-9-15-10(2)14-13/h5-9H,3-4H2,1-2H3. The van der Waals surface area contributed by atoms with E-state index in [1.54, 1.807) is 11.3 Å². The zero-order chi connectivity index (χ0) is 10.7. The first-order valence-corrected chi connectivity index (χ1v) is 6.19. The molecule has 0 spiro atoms. The molecule has 2 heteroatoms. The van der Waals surface area contributed by atoms with Crippen LogP contribution in [0.4, 0.5) is 0 Å². The van der Waals surface area contributed by atoms with Gasteiger partial charge in [-0.1, -0.05) is 37.6 Å². The number of aryl methyl sites for hydroxylation is 2. The van der Waals surface area contributed by atoms with E-state index >= 15 is 0 Å². The summed E-state index contributed by atoms with van der Waals surface area (Å²) >= 11 is 1.70. The van der Waals surface area contributed by atoms with Gasteiger partial charge in [0.2, 0.25) is 0 Å². The van der Waals surface area contributed by atoms with Crippen molar-refractivity contribution in [3.63, 3.8) is 0 Å². The van der Waals surface area contributed by atoms with Gasteiger partial charge in [0, 0.05) is 10.9 Å². The second kappa shape index (κ2) is 4.58. The molecule has 1 aromatic heterocycles. The molecule has 0 aliphatic heterocycles. The Balaban J connectivity index is 2.23. The summed E-state index contributed by atoms with van der Waals surface area (Å²) in [6, 6.07) is 8.74. The second-order valence-electron chi connectivity index (χ2n) is 3.70. The van der Waals surface area contributed by atoms with E-state index in [2.05, 4.69) is 41.6 Å². The summed E-state index contributed by atoms with van der Waals surface area (Å²) in [6.07, 6.45) is 2.37. The molecule has 1 aromatic carbocycles. The van der Waals surface area contributed by atoms with Crippen molar-refractivity contribution in [2.75, 3.05) is 0 Å². The van der Waals surface area contributed by atoms with Crippen molar-refractivity contribution in [1.82, 2.24) is 4.98 Å². The normalized spacial score (nSPS) is 10.5. The topological polar surface area (TPSA) is 12.9 Å². The van der Waals surface area contributed by atoms with Crippen LogP contribution in [0.25, 0.3) is 11.3 Å². The highest BCUT2D eigenvalue weighted by molar-refractivity contribution is 7.09. The van der Waals surface area contributed by atoms with Gasteiger partial charge in [-0.25, -0.2) is 4.98 Å². The quantitative estimate of drug-likeness (QED) is 0.755. The Morgan fingerprint density at radius 3 is 2.47 bits per heavy atom. The Kier molecular flexibility index (Phi) is 3.17. The average molecular weight is 217 g/mol. The van der Waals surface area contributed by atoms with Crippen LogP contribution in [0.3, 0.4) is 0 Å². The van der Waals surface area contributed by atoms with Crippen LogP contribution in [0.2, 0.25) is 0 Å². The lowest BCUT2D eigenvalue weighted by Crippen LogP contribution is -1.83. The molecule has 0 bridgehead atoms. The maximum absolute atomic E-state index is 4.48. The van der Waals surface area contributed by atoms with Gasteiger partial charge in [0.05, 0.1) is 10.7 Å². The molecule has 0 fully saturated rings. The summed E-state index contributed by atoms with van der Waals surface area (Å²) in [7, 11) is 0. The molecule has 2 rings (SSSR count). The smallest absolute Gasteiger partial charge is 0.0901 e. The van der Waals surface area contributed by atoms with Gasteiger partial charge in [-0.05, 0) is 18.9 Å². The molecule has 0 saturated heterocycles. The highest BCUT2D eigenvalue weighted by Gasteiger charge is 2.01. The van der Waals surface area contributed by atoms with E-state index in [-0.39, 0.29) is 0 Å². The van der Waals surface area contributed by atoms with Crippen LogP contribution in [0.5, 0.6) is 0 Å². The zero-order valence-electron chi connectivity index (χ0n) is 9.16. The molecule has 0 N–H and O–H groups in total. The Hall–Kier alpha value is -1.15. The summed E-state index contributed by atoms with van der Waals surface area (Å²) in [5.41, 5.74) is 3.73. The fourth-order valence-electron chi connectivity index (χ4n) is 1.63. The molecule has 0 aliphatic rings. The van der Waals surface area contributed by atoms with Crippen molar-refractivity contribution in [2.45, 2.75) is 26.7 Å². The van der Waals surface area contributed by atoms with E-state index in [1.165, 1.54) is 17.5 Å². The van der Waals surface area contributed by atoms with Crippen molar-refractivity contribution in [2.24, 2.45) is 0 Å². The van der Waals surface area contributed by atoms with Crippen molar-refractivity contribution in [3.05, 3.63) is 40.2 Å². The Bertz CT molecular complexity index is 428. The van der Waals surface area contributed by atoms with Gasteiger partial charge in [0.15, 0.2) is 0 Å². The molecule has 2 aromatic rings. The summed E-state index contributed by atoms with van der Waals surface area (Å²) in [5.74, 6) is 0. The minimum Gasteiger partial charge on any atom is -0.242 e. The minimum atomic E-state index is 1.10. The largest absolute Gasteiger partial charge is 0.242 e. The molecule has 0 unspecified atom stereocenters. The Morgan fingerprint density at radius 1 is 1.20 bits per heavy atom. The van der Waals surface area contributed by atoms with Crippen molar-refractivity contribution in [1.29, 1.82) is 0 Å². The number of nitrogens with zero attached hydrogens (tertiary/aromatic N) is 1. The first-order chi connectivity index (χ1) is 7.29. The summed E-state index contributed by atoms with van der Waals surface area (Å²) < 4.78 is 0. The fourth-order valence-corrected chi connectivity index (χ4v) is 2.25. The first-order valence-electron chi connectivity index (χ1n) is 5.31. The molecular formula is C13H15NS. The van der Waals surface area contributed by atoms with Gasteiger partial charge >= 0.3 is 0 Å². The Morgan fingerprint density at radius 2 is 1.93 bits per heavy atom. The maximum atomic E-state index is 4.48. The van der Waals surface area contributed by atoms with E-state index in [0.29, 0.717) is 0 Å². The molecule has 0 radical (unpaired) electrons. The van der Waals surface area contributed by atoms with Crippen LogP contribution in [-0.4, -0.2) is 4.98 Å². The molecule has 1 nitrogen and oxygen atoms in total. The fraction of sp³-hybridized carbons (Fsp3) is 0.308. The molecular weight excluding hydrogens is 202 g/mol. The summed E-state index contributed by atoms with van der Waals surface area (Å²) in [6.45, 7) is 4.25. The van der Waals surface area contributed by atoms with Crippen LogP contribution < -0.4 is 0 Å². The van der Waals surface area contributed by atoms with Gasteiger partial charge in [-0.15, -0.1) is 11.3 Å². The molecule has 0 aliphatic carbocycles. The van der Waals surface area contributed by atoms with E-state index in [0.717, 1.165) is 17.1 Å². The third-order valence-electron chi connectivity index (χ3n) is 2.41. The molecule has 15 heavy (non-hydrogen) atoms. The number of thiazole rings is 1. The number of rotatable bonds is 3. The molecule has 0 saturated carbocycles. The molecule has 0 amide bonds. The third kappa shape index (κ3) is 2.45. The molecule has 0 atom stereocenters. The van der Waals surface area contributed by atoms with Crippen molar-refractivity contribution < 1.29 is 0 Å². The molecule has 78 valence electrons. The van der Waals surface area contributed by atoms with E-state index in [9.17, 15) is 0 Å². The summed E-state index contributed by atoms with van der Waals surface area (Å²) in [5, 5.41) is 3.24. The van der Waals surface area contributed by atoms with Gasteiger partial charge < -0.3 is 0 Å². The lowest BCUT2D eigenvalue weighted by Gasteiger charge is -2.00. The Labute approximate surface area is 94.8 Å². The number of hydrogen-bond donors (Lipinski definition) is 0. The highest BCUT2D eigenvalue weighted by atomic mass is 32.1. The van der Waals surface area contributed by atoms with Crippen LogP contribution in [0.15, 0.2) is 29.6 Å². The first kappa shape index (κ1) is 10.4. The SMILES string of the molecule is CCCc1ccc(-c2csc(C)n2)cc1. The monoisotopic (exact) mass is 217 g/mol. The zero-order valence-corrected chi connectivity index (χ0v) is 9.97. The lowest BCUT2D eigenvalue weighted by atomic mass is 10.1. The maximum Gasteiger partial charge on any atom is 0.0901 e. The van der Waals surface area contributed by atoms with Crippen LogP contribution in [0.1, 0.15) is 23.9 Å². The number of benzene rings is 1. The predicted molar refractivity (Wildman–Crippen MR) is 66.3 cm³/mol. The van der Waals surface area contributed by atoms with Crippen LogP contribution in [-0.2, 0) is 6.42 Å². The highest BCUT2D eigenvalue weighted by Crippen LogP contribution is 2.21.